The second kappa shape index (κ2) is 28.6. The molecule has 0 fully saturated rings. The Bertz CT molecular complexity index is 3560. The number of ether oxygens (including phenoxy) is 1. The van der Waals surface area contributed by atoms with Gasteiger partial charge in [0, 0.05) is 95.1 Å². The van der Waals surface area contributed by atoms with E-state index in [9.17, 15) is 51.2 Å². The number of aryl methyl sites for hydroxylation is 3. The van der Waals surface area contributed by atoms with Crippen LogP contribution in [0.15, 0.2) is 109 Å². The average Bonchev–Trinajstić information content (AvgIpc) is 4.09. The minimum Gasteiger partial charge on any atom is -0.477 e. The van der Waals surface area contributed by atoms with E-state index in [0.717, 1.165) is 29.8 Å². The standard InChI is InChI=1S/C14H13ClFNO2.C13H11ClFNO2.C12H9ClFNO2.C9H7ClFNO2.C7H4ClFO/c1-3-19-14(18)13-12(8(2)7-17-13)10-5-4-9(15)6-11(10)16;1-6-7(2)16-12(13(17)18)11(6)9-4-3-8(14)5-10(9)15;1-6-5-15-11(12(16)17)10(6)8-3-2-7(13)4-9(8)14;1-6(12(13)14)4-7-2-3-8(10)5-9(7)11;8-6-2-1-5(4-10)7(9)3-6/h4-7,17H,3H2,1-2H3;3-5,16H,1-2H3,(H,17,18);2-5,15H,1H3,(H,16,17);2-5H,1H3;1-4H/b;;;6-4+;. The molecule has 0 bridgehead atoms. The summed E-state index contributed by atoms with van der Waals surface area (Å²) >= 11 is 28.0. The average molecular weight is 1180 g/mol. The molecule has 8 aromatic rings. The molecule has 0 atom stereocenters. The number of esters is 1. The lowest BCUT2D eigenvalue weighted by Crippen LogP contribution is -2.07. The number of hydrogen-bond donors (Lipinski definition) is 5. The first kappa shape index (κ1) is 62.8. The monoisotopic (exact) mass is 1170 g/mol. The minimum absolute atomic E-state index is 0.00813. The molecule has 0 amide bonds. The molecule has 0 aliphatic heterocycles. The van der Waals surface area contributed by atoms with Crippen LogP contribution in [0.4, 0.5) is 22.0 Å². The number of benzene rings is 5. The maximum Gasteiger partial charge on any atom is 0.355 e. The zero-order valence-electron chi connectivity index (χ0n) is 41.7. The lowest BCUT2D eigenvalue weighted by atomic mass is 10.0. The number of aldehydes is 1. The number of carbonyl (C=O) groups excluding carboxylic acids is 2. The van der Waals surface area contributed by atoms with Gasteiger partial charge in [-0.3, -0.25) is 14.9 Å². The Morgan fingerprint density at radius 1 is 0.590 bits per heavy atom. The van der Waals surface area contributed by atoms with Crippen molar-refractivity contribution < 1.29 is 61.0 Å². The molecule has 3 heterocycles. The maximum absolute atomic E-state index is 14.0. The van der Waals surface area contributed by atoms with E-state index in [0.29, 0.717) is 55.4 Å². The number of aromatic carboxylic acids is 2. The number of halogens is 10. The Labute approximate surface area is 467 Å². The van der Waals surface area contributed by atoms with Gasteiger partial charge in [-0.25, -0.2) is 36.3 Å². The fourth-order valence-electron chi connectivity index (χ4n) is 7.06. The van der Waals surface area contributed by atoms with Crippen LogP contribution in [0.5, 0.6) is 0 Å². The first-order chi connectivity index (χ1) is 36.7. The van der Waals surface area contributed by atoms with Gasteiger partial charge in [0.05, 0.1) is 17.1 Å². The van der Waals surface area contributed by atoms with Crippen molar-refractivity contribution in [3.05, 3.63) is 224 Å². The van der Waals surface area contributed by atoms with Crippen LogP contribution >= 0.6 is 58.0 Å². The number of nitrogens with zero attached hydrogens (tertiary/aromatic N) is 1. The van der Waals surface area contributed by atoms with Crippen LogP contribution in [0.25, 0.3) is 39.5 Å². The van der Waals surface area contributed by atoms with Crippen molar-refractivity contribution in [2.24, 2.45) is 0 Å². The quantitative estimate of drug-likeness (QED) is 0.0290. The molecule has 408 valence electrons. The molecule has 78 heavy (non-hydrogen) atoms. The minimum atomic E-state index is -1.12. The van der Waals surface area contributed by atoms with E-state index in [1.54, 1.807) is 52.9 Å². The van der Waals surface area contributed by atoms with Gasteiger partial charge >= 0.3 is 17.9 Å². The van der Waals surface area contributed by atoms with E-state index in [-0.39, 0.29) is 66.7 Å². The largest absolute Gasteiger partial charge is 0.477 e. The Morgan fingerprint density at radius 2 is 0.962 bits per heavy atom. The summed E-state index contributed by atoms with van der Waals surface area (Å²) in [6, 6.07) is 20.6. The summed E-state index contributed by atoms with van der Waals surface area (Å²) < 4.78 is 72.2. The number of nitro groups is 1. The second-order valence-electron chi connectivity index (χ2n) is 16.3. The fraction of sp³-hybridized carbons (Fsp3) is 0.127. The fourth-order valence-corrected chi connectivity index (χ4v) is 7.85. The van der Waals surface area contributed by atoms with Gasteiger partial charge in [0.1, 0.15) is 46.2 Å². The Balaban J connectivity index is 0.000000213. The molecule has 0 unspecified atom stereocenters. The highest BCUT2D eigenvalue weighted by Gasteiger charge is 2.23. The van der Waals surface area contributed by atoms with Crippen LogP contribution in [0.3, 0.4) is 0 Å². The van der Waals surface area contributed by atoms with E-state index < -0.39 is 51.9 Å². The van der Waals surface area contributed by atoms with Crippen molar-refractivity contribution in [3.8, 4) is 33.4 Å². The van der Waals surface area contributed by atoms with Gasteiger partial charge in [0.2, 0.25) is 5.70 Å². The molecule has 3 aromatic heterocycles. The van der Waals surface area contributed by atoms with Crippen LogP contribution in [0.1, 0.15) is 83.6 Å². The normalized spacial score (nSPS) is 10.6. The van der Waals surface area contributed by atoms with Crippen LogP contribution in [-0.2, 0) is 4.74 Å². The van der Waals surface area contributed by atoms with E-state index in [1.165, 1.54) is 73.8 Å². The summed E-state index contributed by atoms with van der Waals surface area (Å²) in [6.45, 7) is 10.3. The molecular weight excluding hydrogens is 1130 g/mol. The Morgan fingerprint density at radius 3 is 1.33 bits per heavy atom. The molecule has 0 saturated heterocycles. The Hall–Kier alpha value is -7.74. The number of hydrogen-bond acceptors (Lipinski definition) is 7. The van der Waals surface area contributed by atoms with Gasteiger partial charge in [-0.1, -0.05) is 64.1 Å². The summed E-state index contributed by atoms with van der Waals surface area (Å²) in [4.78, 5) is 61.9. The van der Waals surface area contributed by atoms with Crippen molar-refractivity contribution in [1.29, 1.82) is 0 Å². The van der Waals surface area contributed by atoms with E-state index in [4.69, 9.17) is 73.0 Å². The van der Waals surface area contributed by atoms with Crippen molar-refractivity contribution in [2.45, 2.75) is 41.5 Å². The zero-order chi connectivity index (χ0) is 58.3. The van der Waals surface area contributed by atoms with Crippen LogP contribution in [0, 0.1) is 66.9 Å². The number of carbonyl (C=O) groups is 4. The van der Waals surface area contributed by atoms with Gasteiger partial charge in [0.25, 0.3) is 0 Å². The summed E-state index contributed by atoms with van der Waals surface area (Å²) in [5.41, 5.74) is 5.16. The summed E-state index contributed by atoms with van der Waals surface area (Å²) in [6.07, 6.45) is 4.79. The zero-order valence-corrected chi connectivity index (χ0v) is 45.4. The van der Waals surface area contributed by atoms with Crippen LogP contribution in [-0.4, -0.2) is 60.9 Å². The third kappa shape index (κ3) is 16.6. The molecule has 5 aromatic carbocycles. The number of aromatic nitrogens is 3. The molecular formula is C55H44Cl5F5N4O9. The van der Waals surface area contributed by atoms with Gasteiger partial charge in [-0.2, -0.15) is 0 Å². The predicted octanol–water partition coefficient (Wildman–Crippen LogP) is 16.6. The Kier molecular flexibility index (Phi) is 23.0. The van der Waals surface area contributed by atoms with Crippen LogP contribution in [0.2, 0.25) is 25.1 Å². The van der Waals surface area contributed by atoms with E-state index in [1.807, 2.05) is 0 Å². The topological polar surface area (TPSA) is 208 Å². The molecule has 8 rings (SSSR count). The third-order valence-electron chi connectivity index (χ3n) is 10.9. The van der Waals surface area contributed by atoms with E-state index in [2.05, 4.69) is 15.0 Å². The number of carboxylic acids is 2. The molecule has 0 radical (unpaired) electrons. The summed E-state index contributed by atoms with van der Waals surface area (Å²) in [5.74, 6) is -5.44. The summed E-state index contributed by atoms with van der Waals surface area (Å²) in [5, 5.41) is 29.8. The van der Waals surface area contributed by atoms with E-state index >= 15 is 0 Å². The molecule has 0 spiro atoms. The number of aromatic amines is 3. The molecule has 0 saturated carbocycles. The van der Waals surface area contributed by atoms with Gasteiger partial charge in [0.15, 0.2) is 6.29 Å². The van der Waals surface area contributed by atoms with Gasteiger partial charge < -0.3 is 29.9 Å². The smallest absolute Gasteiger partial charge is 0.355 e. The van der Waals surface area contributed by atoms with Crippen molar-refractivity contribution in [2.75, 3.05) is 6.61 Å². The second-order valence-corrected chi connectivity index (χ2v) is 18.4. The highest BCUT2D eigenvalue weighted by molar-refractivity contribution is 6.32. The molecule has 0 aliphatic rings. The molecule has 0 aliphatic carbocycles. The highest BCUT2D eigenvalue weighted by atomic mass is 35.5. The molecule has 5 N–H and O–H groups in total. The van der Waals surface area contributed by atoms with Crippen molar-refractivity contribution >= 4 is 88.3 Å². The SMILES string of the molecule is C/C(=C\c1ccc(Cl)cc1F)[N+](=O)[O-].CCOC(=O)c1[nH]cc(C)c1-c1ccc(Cl)cc1F.Cc1[nH]c(C(=O)O)c(-c2ccc(Cl)cc2F)c1C.Cc1c[nH]c(C(=O)O)c1-c1ccc(Cl)cc1F.O=Cc1ccc(Cl)cc1F. The molecule has 13 nitrogen and oxygen atoms in total. The lowest BCUT2D eigenvalue weighted by molar-refractivity contribution is -0.422. The lowest BCUT2D eigenvalue weighted by Gasteiger charge is -2.07. The molecule has 23 heteroatoms. The first-order valence-electron chi connectivity index (χ1n) is 22.4. The number of rotatable bonds is 10. The predicted molar refractivity (Wildman–Crippen MR) is 291 cm³/mol. The van der Waals surface area contributed by atoms with Gasteiger partial charge in [-0.15, -0.1) is 0 Å². The highest BCUT2D eigenvalue weighted by Crippen LogP contribution is 2.35. The third-order valence-corrected chi connectivity index (χ3v) is 12.0. The first-order valence-corrected chi connectivity index (χ1v) is 24.3. The number of nitrogens with one attached hydrogen (secondary N) is 3. The van der Waals surface area contributed by atoms with Crippen molar-refractivity contribution in [3.63, 3.8) is 0 Å². The number of carboxylic acid groups (broad SMARTS) is 2. The summed E-state index contributed by atoms with van der Waals surface area (Å²) in [7, 11) is 0. The number of H-pyrrole nitrogens is 3. The maximum atomic E-state index is 14.0. The van der Waals surface area contributed by atoms with Crippen LogP contribution < -0.4 is 0 Å². The number of allylic oxidation sites excluding steroid dienone is 1. The van der Waals surface area contributed by atoms with Crippen molar-refractivity contribution in [1.82, 2.24) is 15.0 Å². The van der Waals surface area contributed by atoms with Gasteiger partial charge in [-0.05, 0) is 136 Å².